The van der Waals surface area contributed by atoms with E-state index in [0.717, 1.165) is 38.5 Å². The Hall–Kier alpha value is -4.48. The predicted molar refractivity (Wildman–Crippen MR) is 199 cm³/mol. The first kappa shape index (κ1) is 37.3. The second kappa shape index (κ2) is 16.3. The number of nitrogens with zero attached hydrogens (tertiary/aromatic N) is 9. The summed E-state index contributed by atoms with van der Waals surface area (Å²) in [6, 6.07) is 0. The van der Waals surface area contributed by atoms with Crippen LogP contribution in [0.3, 0.4) is 0 Å². The Labute approximate surface area is 290 Å². The zero-order valence-corrected chi connectivity index (χ0v) is 31.0. The summed E-state index contributed by atoms with van der Waals surface area (Å²) >= 11 is 0. The maximum atomic E-state index is 5.11. The van der Waals surface area contributed by atoms with Crippen molar-refractivity contribution in [3.63, 3.8) is 0 Å². The first-order valence-corrected chi connectivity index (χ1v) is 17.6. The second-order valence-corrected chi connectivity index (χ2v) is 13.2. The maximum Gasteiger partial charge on any atom is 0.230 e. The molecular weight excluding hydrogens is 624 g/mol. The molecule has 6 bridgehead atoms. The lowest BCUT2D eigenvalue weighted by Crippen LogP contribution is -2.68. The average Bonchev–Trinajstić information content (AvgIpc) is 3.09. The number of rotatable bonds is 11. The minimum Gasteiger partial charge on any atom is -0.349 e. The van der Waals surface area contributed by atoms with Gasteiger partial charge in [-0.2, -0.15) is 29.9 Å². The van der Waals surface area contributed by atoms with Crippen LogP contribution in [0.25, 0.3) is 0 Å². The van der Waals surface area contributed by atoms with Gasteiger partial charge in [0.05, 0.1) is 18.9 Å². The molecule has 0 aromatic carbocycles. The molecule has 1 unspecified atom stereocenters. The summed E-state index contributed by atoms with van der Waals surface area (Å²) in [6.45, 7) is 20.1. The molecule has 2 aromatic heterocycles. The van der Waals surface area contributed by atoms with E-state index in [2.05, 4.69) is 135 Å². The molecule has 18 nitrogen and oxygen atoms in total. The van der Waals surface area contributed by atoms with Crippen molar-refractivity contribution in [2.24, 2.45) is 9.98 Å². The fraction of sp³-hybridized carbons (Fsp3) is 0.742. The van der Waals surface area contributed by atoms with Crippen LogP contribution in [-0.2, 0) is 0 Å². The normalized spacial score (nSPS) is 18.2. The number of fused-ring (bicyclic) bond motifs is 6. The Morgan fingerprint density at radius 1 is 0.673 bits per heavy atom. The van der Waals surface area contributed by atoms with E-state index in [-0.39, 0.29) is 36.2 Å². The smallest absolute Gasteiger partial charge is 0.230 e. The van der Waals surface area contributed by atoms with Crippen molar-refractivity contribution in [1.29, 1.82) is 0 Å². The van der Waals surface area contributed by atoms with Crippen LogP contribution >= 0.6 is 0 Å². The SMILES string of the molecule is CCC(C)(CC)N=C1NC2=NCNc3nc(nc(NC(C)(CC)CC)n3)NCNc3nc(nc(NC(C)(CC)CC)n3)NCNC(N2)N1C. The van der Waals surface area contributed by atoms with Crippen LogP contribution in [0.4, 0.5) is 35.7 Å². The minimum absolute atomic E-state index is 0.179. The van der Waals surface area contributed by atoms with E-state index >= 15 is 0 Å². The van der Waals surface area contributed by atoms with Gasteiger partial charge in [0.1, 0.15) is 6.67 Å². The van der Waals surface area contributed by atoms with Gasteiger partial charge in [-0.3, -0.25) is 10.6 Å². The van der Waals surface area contributed by atoms with Crippen molar-refractivity contribution in [3.8, 4) is 0 Å². The zero-order valence-electron chi connectivity index (χ0n) is 31.0. The number of hydrogen-bond acceptors (Lipinski definition) is 16. The molecule has 2 aromatic rings. The van der Waals surface area contributed by atoms with Crippen LogP contribution in [-0.4, -0.2) is 96.7 Å². The summed E-state index contributed by atoms with van der Waals surface area (Å²) in [7, 11) is 1.97. The van der Waals surface area contributed by atoms with Crippen LogP contribution in [0.1, 0.15) is 101 Å². The molecular formula is C31H58N18. The molecule has 272 valence electrons. The van der Waals surface area contributed by atoms with Gasteiger partial charge < -0.3 is 42.1 Å². The third-order valence-electron chi connectivity index (χ3n) is 9.85. The Kier molecular flexibility index (Phi) is 12.4. The highest BCUT2D eigenvalue weighted by molar-refractivity contribution is 6.01. The summed E-state index contributed by atoms with van der Waals surface area (Å²) in [5.41, 5.74) is -0.599. The molecule has 0 aliphatic carbocycles. The molecule has 4 rings (SSSR count). The maximum absolute atomic E-state index is 5.11. The monoisotopic (exact) mass is 683 g/mol. The third kappa shape index (κ3) is 10.0. The summed E-state index contributed by atoms with van der Waals surface area (Å²) in [6.07, 6.45) is 5.04. The summed E-state index contributed by atoms with van der Waals surface area (Å²) in [5.74, 6) is 3.71. The molecule has 4 heterocycles. The topological polar surface area (TPSA) is 214 Å². The van der Waals surface area contributed by atoms with Gasteiger partial charge in [0.15, 0.2) is 6.29 Å². The molecule has 2 aliphatic heterocycles. The standard InChI is InChI=1S/C31H58N18/c1-11-29(7,12-2)46-25-40-20-32-17-33-21-39-23(43-26(41-21)47-30(8,13-3)14-4)36-19-37-27-44-24(35-18-34-22(38-20)42-25)45-28(49(27)10)48-31(9,15-5)16-6/h27,37H,11-19H2,1-10H3,(H2,35,44,45,48)(H3,32,34,38,40,42,46)(H3,33,36,39,41,43,47). The molecule has 0 amide bonds. The fourth-order valence-corrected chi connectivity index (χ4v) is 4.81. The van der Waals surface area contributed by atoms with Gasteiger partial charge in [-0.15, -0.1) is 0 Å². The highest BCUT2D eigenvalue weighted by Crippen LogP contribution is 2.23. The molecule has 2 aliphatic rings. The molecule has 1 atom stereocenters. The van der Waals surface area contributed by atoms with E-state index in [1.54, 1.807) is 0 Å². The van der Waals surface area contributed by atoms with Crippen LogP contribution in [0.5, 0.6) is 0 Å². The van der Waals surface area contributed by atoms with Crippen LogP contribution < -0.4 is 47.9 Å². The van der Waals surface area contributed by atoms with Crippen molar-refractivity contribution in [3.05, 3.63) is 0 Å². The van der Waals surface area contributed by atoms with E-state index in [4.69, 9.17) is 15.0 Å². The van der Waals surface area contributed by atoms with Gasteiger partial charge in [-0.1, -0.05) is 41.5 Å². The number of aliphatic imine (C=N–C) groups is 2. The number of anilines is 6. The first-order chi connectivity index (χ1) is 23.4. The van der Waals surface area contributed by atoms with Gasteiger partial charge in [0.2, 0.25) is 47.6 Å². The van der Waals surface area contributed by atoms with E-state index in [9.17, 15) is 0 Å². The van der Waals surface area contributed by atoms with E-state index in [0.29, 0.717) is 54.3 Å². The number of aromatic nitrogens is 6. The molecule has 0 spiro atoms. The number of hydrogen-bond donors (Lipinski definition) is 9. The van der Waals surface area contributed by atoms with Crippen molar-refractivity contribution in [2.45, 2.75) is 124 Å². The molecule has 0 radical (unpaired) electrons. The van der Waals surface area contributed by atoms with Crippen molar-refractivity contribution < 1.29 is 0 Å². The summed E-state index contributed by atoms with van der Waals surface area (Å²) < 4.78 is 0. The van der Waals surface area contributed by atoms with Crippen LogP contribution in [0.2, 0.25) is 0 Å². The zero-order chi connectivity index (χ0) is 35.7. The number of guanidine groups is 2. The molecule has 9 N–H and O–H groups in total. The third-order valence-corrected chi connectivity index (χ3v) is 9.85. The Morgan fingerprint density at radius 2 is 1.14 bits per heavy atom. The van der Waals surface area contributed by atoms with Crippen molar-refractivity contribution in [1.82, 2.24) is 50.8 Å². The van der Waals surface area contributed by atoms with Gasteiger partial charge in [0, 0.05) is 18.1 Å². The number of nitrogens with one attached hydrogen (secondary N) is 9. The van der Waals surface area contributed by atoms with E-state index in [1.165, 1.54) is 0 Å². The van der Waals surface area contributed by atoms with Gasteiger partial charge in [-0.25, -0.2) is 9.98 Å². The lowest BCUT2D eigenvalue weighted by atomic mass is 9.96. The second-order valence-electron chi connectivity index (χ2n) is 13.2. The molecule has 18 heteroatoms. The molecule has 1 fully saturated rings. The van der Waals surface area contributed by atoms with Gasteiger partial charge in [-0.05, 0) is 59.3 Å². The highest BCUT2D eigenvalue weighted by atomic mass is 15.5. The van der Waals surface area contributed by atoms with E-state index < -0.39 is 0 Å². The molecule has 0 saturated carbocycles. The highest BCUT2D eigenvalue weighted by Gasteiger charge is 2.30. The van der Waals surface area contributed by atoms with E-state index in [1.807, 2.05) is 11.9 Å². The predicted octanol–water partition coefficient (Wildman–Crippen LogP) is 3.56. The summed E-state index contributed by atoms with van der Waals surface area (Å²) in [4.78, 5) is 39.8. The summed E-state index contributed by atoms with van der Waals surface area (Å²) in [5, 5.41) is 30.3. The molecule has 1 saturated heterocycles. The van der Waals surface area contributed by atoms with Gasteiger partial charge in [0.25, 0.3) is 0 Å². The lowest BCUT2D eigenvalue weighted by molar-refractivity contribution is 0.265. The average molecular weight is 683 g/mol. The fourth-order valence-electron chi connectivity index (χ4n) is 4.81. The first-order valence-electron chi connectivity index (χ1n) is 17.6. The minimum atomic E-state index is -0.354. The Bertz CT molecular complexity index is 1430. The Morgan fingerprint density at radius 3 is 1.61 bits per heavy atom. The van der Waals surface area contributed by atoms with Crippen LogP contribution in [0.15, 0.2) is 9.98 Å². The quantitative estimate of drug-likeness (QED) is 0.166. The van der Waals surface area contributed by atoms with Gasteiger partial charge >= 0.3 is 0 Å². The van der Waals surface area contributed by atoms with Crippen LogP contribution in [0, 0.1) is 0 Å². The Balaban J connectivity index is 1.72. The van der Waals surface area contributed by atoms with Crippen molar-refractivity contribution >= 4 is 47.6 Å². The molecule has 49 heavy (non-hydrogen) atoms. The largest absolute Gasteiger partial charge is 0.349 e. The lowest BCUT2D eigenvalue weighted by Gasteiger charge is -2.39. The van der Waals surface area contributed by atoms with Crippen molar-refractivity contribution in [2.75, 3.05) is 59.0 Å².